The molecular weight excluding hydrogens is 184 g/mol. The maximum absolute atomic E-state index is 5.36. The summed E-state index contributed by atoms with van der Waals surface area (Å²) in [5.74, 6) is 0.879. The molecule has 0 unspecified atom stereocenters. The van der Waals surface area contributed by atoms with Crippen molar-refractivity contribution < 1.29 is 4.74 Å². The second-order valence-electron chi connectivity index (χ2n) is 3.75. The summed E-state index contributed by atoms with van der Waals surface area (Å²) >= 11 is 0. The molecule has 0 aliphatic heterocycles. The van der Waals surface area contributed by atoms with Gasteiger partial charge in [-0.25, -0.2) is 0 Å². The van der Waals surface area contributed by atoms with Crippen molar-refractivity contribution in [1.29, 1.82) is 0 Å². The minimum absolute atomic E-state index is 0.879. The molecule has 0 aliphatic carbocycles. The zero-order valence-electron chi connectivity index (χ0n) is 9.92. The van der Waals surface area contributed by atoms with Gasteiger partial charge < -0.3 is 4.74 Å². The lowest BCUT2D eigenvalue weighted by atomic mass is 9.99. The Labute approximate surface area is 92.1 Å². The van der Waals surface area contributed by atoms with E-state index < -0.39 is 0 Å². The minimum Gasteiger partial charge on any atom is -0.496 e. The summed E-state index contributed by atoms with van der Waals surface area (Å²) in [6.45, 7) is 10.0. The summed E-state index contributed by atoms with van der Waals surface area (Å²) in [6.07, 6.45) is 0. The first-order valence-electron chi connectivity index (χ1n) is 5.04. The van der Waals surface area contributed by atoms with Crippen molar-refractivity contribution in [3.05, 3.63) is 53.3 Å². The van der Waals surface area contributed by atoms with E-state index in [1.807, 2.05) is 19.1 Å². The van der Waals surface area contributed by atoms with Gasteiger partial charge >= 0.3 is 0 Å². The van der Waals surface area contributed by atoms with Crippen LogP contribution in [0.1, 0.15) is 25.0 Å². The van der Waals surface area contributed by atoms with Crippen molar-refractivity contribution >= 4 is 5.57 Å². The lowest BCUT2D eigenvalue weighted by Crippen LogP contribution is -1.94. The van der Waals surface area contributed by atoms with E-state index in [2.05, 4.69) is 32.6 Å². The van der Waals surface area contributed by atoms with Crippen molar-refractivity contribution in [2.75, 3.05) is 7.11 Å². The molecule has 1 rings (SSSR count). The van der Waals surface area contributed by atoms with Crippen LogP contribution in [0.3, 0.4) is 0 Å². The van der Waals surface area contributed by atoms with Crippen LogP contribution in [0.4, 0.5) is 0 Å². The number of allylic oxidation sites excluding steroid dienone is 2. The molecule has 0 N–H and O–H groups in total. The lowest BCUT2D eigenvalue weighted by molar-refractivity contribution is 0.303. The average molecular weight is 202 g/mol. The summed E-state index contributed by atoms with van der Waals surface area (Å²) in [5, 5.41) is 0. The number of benzene rings is 1. The monoisotopic (exact) mass is 202 g/mol. The van der Waals surface area contributed by atoms with Crippen molar-refractivity contribution in [2.24, 2.45) is 0 Å². The smallest absolute Gasteiger partial charge is 0.124 e. The molecule has 0 saturated carbocycles. The number of hydrogen-bond donors (Lipinski definition) is 0. The average Bonchev–Trinajstić information content (AvgIpc) is 2.18. The predicted octanol–water partition coefficient (Wildman–Crippen LogP) is 3.95. The van der Waals surface area contributed by atoms with Gasteiger partial charge in [-0.05, 0) is 43.0 Å². The fourth-order valence-corrected chi connectivity index (χ4v) is 1.76. The van der Waals surface area contributed by atoms with Gasteiger partial charge in [0, 0.05) is 0 Å². The van der Waals surface area contributed by atoms with Gasteiger partial charge in [-0.2, -0.15) is 0 Å². The van der Waals surface area contributed by atoms with E-state index >= 15 is 0 Å². The number of aryl methyl sites for hydroxylation is 1. The molecule has 0 radical (unpaired) electrons. The summed E-state index contributed by atoms with van der Waals surface area (Å²) in [5.41, 5.74) is 4.57. The fourth-order valence-electron chi connectivity index (χ4n) is 1.76. The maximum Gasteiger partial charge on any atom is 0.124 e. The zero-order chi connectivity index (χ0) is 11.4. The van der Waals surface area contributed by atoms with Gasteiger partial charge in [-0.3, -0.25) is 0 Å². The highest BCUT2D eigenvalue weighted by Gasteiger charge is 2.07. The highest BCUT2D eigenvalue weighted by molar-refractivity contribution is 5.70. The molecule has 80 valence electrons. The molecule has 1 aromatic rings. The van der Waals surface area contributed by atoms with Gasteiger partial charge in [0.15, 0.2) is 0 Å². The second-order valence-corrected chi connectivity index (χ2v) is 3.75. The predicted molar refractivity (Wildman–Crippen MR) is 65.6 cm³/mol. The van der Waals surface area contributed by atoms with Gasteiger partial charge in [0.1, 0.15) is 5.76 Å². The summed E-state index contributed by atoms with van der Waals surface area (Å²) < 4.78 is 5.36. The van der Waals surface area contributed by atoms with Gasteiger partial charge in [0.05, 0.1) is 7.11 Å². The first-order chi connectivity index (χ1) is 7.07. The second kappa shape index (κ2) is 4.83. The van der Waals surface area contributed by atoms with Gasteiger partial charge in [-0.15, -0.1) is 0 Å². The van der Waals surface area contributed by atoms with Crippen LogP contribution in [-0.4, -0.2) is 7.11 Å². The van der Waals surface area contributed by atoms with Gasteiger partial charge in [-0.1, -0.05) is 30.8 Å². The Morgan fingerprint density at radius 3 is 2.27 bits per heavy atom. The highest BCUT2D eigenvalue weighted by Crippen LogP contribution is 2.25. The van der Waals surface area contributed by atoms with Crippen LogP contribution >= 0.6 is 0 Å². The SMILES string of the molecule is C=C(C)/C(OC)=C(/C)c1ccccc1C. The molecule has 0 amide bonds. The Hall–Kier alpha value is -1.50. The van der Waals surface area contributed by atoms with E-state index in [0.29, 0.717) is 0 Å². The molecule has 1 aromatic carbocycles. The normalized spacial score (nSPS) is 12.0. The molecule has 0 aromatic heterocycles. The van der Waals surface area contributed by atoms with E-state index in [9.17, 15) is 0 Å². The van der Waals surface area contributed by atoms with Crippen LogP contribution in [0.25, 0.3) is 5.57 Å². The van der Waals surface area contributed by atoms with E-state index in [1.54, 1.807) is 7.11 Å². The molecule has 1 nitrogen and oxygen atoms in total. The molecule has 0 heterocycles. The van der Waals surface area contributed by atoms with E-state index in [4.69, 9.17) is 4.74 Å². The Bertz CT molecular complexity index is 400. The Morgan fingerprint density at radius 1 is 1.20 bits per heavy atom. The third-order valence-electron chi connectivity index (χ3n) is 2.48. The molecule has 1 heteroatoms. The van der Waals surface area contributed by atoms with Crippen molar-refractivity contribution in [2.45, 2.75) is 20.8 Å². The Balaban J connectivity index is 3.28. The Morgan fingerprint density at radius 2 is 1.80 bits per heavy atom. The van der Waals surface area contributed by atoms with E-state index in [0.717, 1.165) is 16.9 Å². The highest BCUT2D eigenvalue weighted by atomic mass is 16.5. The summed E-state index contributed by atoms with van der Waals surface area (Å²) in [4.78, 5) is 0. The van der Waals surface area contributed by atoms with Gasteiger partial charge in [0.25, 0.3) is 0 Å². The first-order valence-corrected chi connectivity index (χ1v) is 5.04. The number of rotatable bonds is 3. The minimum atomic E-state index is 0.879. The standard InChI is InChI=1S/C14H18O/c1-10(2)14(15-5)12(4)13-9-7-6-8-11(13)3/h6-9H,1H2,2-5H3/b14-12+. The molecule has 0 saturated heterocycles. The third kappa shape index (κ3) is 2.50. The van der Waals surface area contributed by atoms with E-state index in [-0.39, 0.29) is 0 Å². The van der Waals surface area contributed by atoms with Crippen LogP contribution in [0.15, 0.2) is 42.2 Å². The third-order valence-corrected chi connectivity index (χ3v) is 2.48. The van der Waals surface area contributed by atoms with E-state index in [1.165, 1.54) is 11.1 Å². The number of hydrogen-bond acceptors (Lipinski definition) is 1. The first kappa shape index (κ1) is 11.6. The van der Waals surface area contributed by atoms with Crippen LogP contribution in [0, 0.1) is 6.92 Å². The van der Waals surface area contributed by atoms with Crippen LogP contribution in [0.5, 0.6) is 0 Å². The molecule has 0 fully saturated rings. The fraction of sp³-hybridized carbons (Fsp3) is 0.286. The topological polar surface area (TPSA) is 9.23 Å². The maximum atomic E-state index is 5.36. The van der Waals surface area contributed by atoms with Crippen molar-refractivity contribution in [1.82, 2.24) is 0 Å². The molecule has 0 aliphatic rings. The molecule has 15 heavy (non-hydrogen) atoms. The molecular formula is C14H18O. The van der Waals surface area contributed by atoms with Gasteiger partial charge in [0.2, 0.25) is 0 Å². The van der Waals surface area contributed by atoms with Crippen molar-refractivity contribution in [3.63, 3.8) is 0 Å². The summed E-state index contributed by atoms with van der Waals surface area (Å²) in [7, 11) is 1.69. The zero-order valence-corrected chi connectivity index (χ0v) is 9.92. The van der Waals surface area contributed by atoms with Crippen LogP contribution in [-0.2, 0) is 4.74 Å². The Kier molecular flexibility index (Phi) is 3.73. The lowest BCUT2D eigenvalue weighted by Gasteiger charge is -2.12. The number of methoxy groups -OCH3 is 1. The molecule has 0 atom stereocenters. The summed E-state index contributed by atoms with van der Waals surface area (Å²) in [6, 6.07) is 8.29. The molecule has 0 spiro atoms. The largest absolute Gasteiger partial charge is 0.496 e. The quantitative estimate of drug-likeness (QED) is 0.532. The molecule has 0 bridgehead atoms. The van der Waals surface area contributed by atoms with Crippen LogP contribution < -0.4 is 0 Å². The number of ether oxygens (including phenoxy) is 1. The van der Waals surface area contributed by atoms with Crippen LogP contribution in [0.2, 0.25) is 0 Å². The van der Waals surface area contributed by atoms with Crippen molar-refractivity contribution in [3.8, 4) is 0 Å².